The van der Waals surface area contributed by atoms with Crippen molar-refractivity contribution in [2.45, 2.75) is 45.1 Å². The number of aromatic carboxylic acids is 1. The van der Waals surface area contributed by atoms with Crippen molar-refractivity contribution in [1.82, 2.24) is 5.32 Å². The van der Waals surface area contributed by atoms with Gasteiger partial charge in [-0.1, -0.05) is 43.7 Å². The molecule has 0 saturated carbocycles. The highest BCUT2D eigenvalue weighted by atomic mass is 16.4. The Morgan fingerprint density at radius 3 is 2.39 bits per heavy atom. The molecule has 5 nitrogen and oxygen atoms in total. The minimum Gasteiger partial charge on any atom is -0.478 e. The number of rotatable bonds is 8. The lowest BCUT2D eigenvalue weighted by molar-refractivity contribution is -0.121. The zero-order valence-corrected chi connectivity index (χ0v) is 16.4. The number of para-hydroxylation sites is 1. The minimum atomic E-state index is -0.961. The zero-order chi connectivity index (χ0) is 19.9. The molecule has 1 aliphatic rings. The maximum absolute atomic E-state index is 12.7. The highest BCUT2D eigenvalue weighted by Gasteiger charge is 2.21. The zero-order valence-electron chi connectivity index (χ0n) is 16.4. The smallest absolute Gasteiger partial charge is 0.335 e. The van der Waals surface area contributed by atoms with Crippen LogP contribution in [0.1, 0.15) is 60.1 Å². The number of nitrogens with zero attached hydrogens (tertiary/aromatic N) is 1. The van der Waals surface area contributed by atoms with Gasteiger partial charge in [-0.25, -0.2) is 4.79 Å². The summed E-state index contributed by atoms with van der Waals surface area (Å²) in [4.78, 5) is 26.1. The van der Waals surface area contributed by atoms with E-state index in [0.29, 0.717) is 0 Å². The average molecular weight is 380 g/mol. The number of hydrogen-bond donors (Lipinski definition) is 2. The van der Waals surface area contributed by atoms with Crippen LogP contribution in [0.3, 0.4) is 0 Å². The predicted octanol–water partition coefficient (Wildman–Crippen LogP) is 4.19. The molecule has 0 radical (unpaired) electrons. The van der Waals surface area contributed by atoms with Crippen LogP contribution in [0, 0.1) is 0 Å². The molecule has 1 unspecified atom stereocenters. The Hall–Kier alpha value is -2.82. The first-order valence-corrected chi connectivity index (χ1v) is 10.0. The summed E-state index contributed by atoms with van der Waals surface area (Å²) >= 11 is 0. The van der Waals surface area contributed by atoms with Gasteiger partial charge in [0.2, 0.25) is 5.91 Å². The number of carbonyl (C=O) groups is 2. The molecule has 0 spiro atoms. The van der Waals surface area contributed by atoms with E-state index in [-0.39, 0.29) is 23.9 Å². The summed E-state index contributed by atoms with van der Waals surface area (Å²) in [6.07, 6.45) is 4.53. The van der Waals surface area contributed by atoms with E-state index in [1.807, 2.05) is 6.07 Å². The summed E-state index contributed by atoms with van der Waals surface area (Å²) in [5.74, 6) is -1.00. The van der Waals surface area contributed by atoms with Crippen molar-refractivity contribution in [1.29, 1.82) is 0 Å². The number of carbonyl (C=O) groups excluding carboxylic acids is 1. The van der Waals surface area contributed by atoms with Crippen LogP contribution in [0.25, 0.3) is 0 Å². The van der Waals surface area contributed by atoms with Gasteiger partial charge < -0.3 is 15.3 Å². The summed E-state index contributed by atoms with van der Waals surface area (Å²) in [6, 6.07) is 14.8. The fourth-order valence-electron chi connectivity index (χ4n) is 3.82. The van der Waals surface area contributed by atoms with Gasteiger partial charge in [-0.05, 0) is 48.6 Å². The van der Waals surface area contributed by atoms with Crippen LogP contribution >= 0.6 is 0 Å². The van der Waals surface area contributed by atoms with Gasteiger partial charge in [-0.15, -0.1) is 0 Å². The number of anilines is 1. The van der Waals surface area contributed by atoms with Crippen LogP contribution in [0.15, 0.2) is 48.5 Å². The van der Waals surface area contributed by atoms with Crippen molar-refractivity contribution >= 4 is 17.6 Å². The van der Waals surface area contributed by atoms with Crippen LogP contribution in [0.5, 0.6) is 0 Å². The Labute approximate surface area is 166 Å². The first-order valence-electron chi connectivity index (χ1n) is 10.0. The van der Waals surface area contributed by atoms with Crippen molar-refractivity contribution in [3.63, 3.8) is 0 Å². The van der Waals surface area contributed by atoms with Gasteiger partial charge >= 0.3 is 5.97 Å². The largest absolute Gasteiger partial charge is 0.478 e. The summed E-state index contributed by atoms with van der Waals surface area (Å²) < 4.78 is 0. The third-order valence-corrected chi connectivity index (χ3v) is 5.24. The molecule has 1 amide bonds. The lowest BCUT2D eigenvalue weighted by atomic mass is 9.99. The predicted molar refractivity (Wildman–Crippen MR) is 111 cm³/mol. The first kappa shape index (κ1) is 19.9. The number of hydrogen-bond acceptors (Lipinski definition) is 3. The second kappa shape index (κ2) is 9.40. The molecule has 2 aromatic carbocycles. The van der Waals surface area contributed by atoms with Crippen LogP contribution in [0.4, 0.5) is 5.69 Å². The van der Waals surface area contributed by atoms with E-state index in [2.05, 4.69) is 35.3 Å². The van der Waals surface area contributed by atoms with Crippen LogP contribution < -0.4 is 10.2 Å². The number of benzene rings is 2. The lowest BCUT2D eigenvalue weighted by Gasteiger charge is -2.27. The third-order valence-electron chi connectivity index (χ3n) is 5.24. The molecule has 0 aliphatic carbocycles. The molecule has 2 N–H and O–H groups in total. The van der Waals surface area contributed by atoms with Gasteiger partial charge in [0, 0.05) is 18.8 Å². The molecule has 1 heterocycles. The topological polar surface area (TPSA) is 69.6 Å². The SMILES string of the molecule is CCCC(NC(=O)Cc1ccc(C(=O)O)cc1)c1ccccc1N1CCCC1. The highest BCUT2D eigenvalue weighted by Crippen LogP contribution is 2.31. The number of carboxylic acids is 1. The van der Waals surface area contributed by atoms with Crippen LogP contribution in [0.2, 0.25) is 0 Å². The first-order chi connectivity index (χ1) is 13.6. The molecule has 0 aromatic heterocycles. The number of carboxylic acid groups (broad SMARTS) is 1. The van der Waals surface area contributed by atoms with Crippen molar-refractivity contribution in [3.05, 3.63) is 65.2 Å². The second-order valence-electron chi connectivity index (χ2n) is 7.34. The van der Waals surface area contributed by atoms with Gasteiger partial charge in [0.15, 0.2) is 0 Å². The average Bonchev–Trinajstić information content (AvgIpc) is 3.23. The van der Waals surface area contributed by atoms with E-state index in [4.69, 9.17) is 5.11 Å². The third kappa shape index (κ3) is 4.91. The standard InChI is InChI=1S/C23H28N2O3/c1-2-7-20(19-8-3-4-9-21(19)25-14-5-6-15-25)24-22(26)16-17-10-12-18(13-11-17)23(27)28/h3-4,8-13,20H,2,5-7,14-16H2,1H3,(H,24,26)(H,27,28). The fraction of sp³-hybridized carbons (Fsp3) is 0.391. The second-order valence-corrected chi connectivity index (χ2v) is 7.34. The van der Waals surface area contributed by atoms with E-state index in [1.54, 1.807) is 12.1 Å². The molecule has 1 fully saturated rings. The maximum Gasteiger partial charge on any atom is 0.335 e. The summed E-state index contributed by atoms with van der Waals surface area (Å²) in [7, 11) is 0. The molecule has 28 heavy (non-hydrogen) atoms. The molecular weight excluding hydrogens is 352 g/mol. The van der Waals surface area contributed by atoms with Crippen molar-refractivity contribution < 1.29 is 14.7 Å². The van der Waals surface area contributed by atoms with Crippen molar-refractivity contribution in [3.8, 4) is 0 Å². The molecule has 5 heteroatoms. The number of amides is 1. The van der Waals surface area contributed by atoms with Crippen LogP contribution in [-0.4, -0.2) is 30.1 Å². The fourth-order valence-corrected chi connectivity index (χ4v) is 3.82. The van der Waals surface area contributed by atoms with Gasteiger partial charge in [0.25, 0.3) is 0 Å². The Morgan fingerprint density at radius 2 is 1.75 bits per heavy atom. The van der Waals surface area contributed by atoms with E-state index in [9.17, 15) is 9.59 Å². The molecular formula is C23H28N2O3. The minimum absolute atomic E-state index is 0.0207. The number of nitrogens with one attached hydrogen (secondary N) is 1. The highest BCUT2D eigenvalue weighted by molar-refractivity contribution is 5.87. The normalized spacial score (nSPS) is 14.7. The molecule has 1 atom stereocenters. The monoisotopic (exact) mass is 380 g/mol. The Kier molecular flexibility index (Phi) is 6.69. The Balaban J connectivity index is 1.72. The summed E-state index contributed by atoms with van der Waals surface area (Å²) in [6.45, 7) is 4.27. The molecule has 1 aliphatic heterocycles. The van der Waals surface area contributed by atoms with E-state index in [0.717, 1.165) is 31.5 Å². The van der Waals surface area contributed by atoms with Gasteiger partial charge in [-0.3, -0.25) is 4.79 Å². The van der Waals surface area contributed by atoms with E-state index >= 15 is 0 Å². The molecule has 1 saturated heterocycles. The van der Waals surface area contributed by atoms with Gasteiger partial charge in [-0.2, -0.15) is 0 Å². The lowest BCUT2D eigenvalue weighted by Crippen LogP contribution is -2.31. The van der Waals surface area contributed by atoms with Crippen molar-refractivity contribution in [2.24, 2.45) is 0 Å². The molecule has 2 aromatic rings. The van der Waals surface area contributed by atoms with Crippen molar-refractivity contribution in [2.75, 3.05) is 18.0 Å². The van der Waals surface area contributed by atoms with E-state index in [1.165, 1.54) is 36.2 Å². The molecule has 3 rings (SSSR count). The molecule has 0 bridgehead atoms. The van der Waals surface area contributed by atoms with E-state index < -0.39 is 5.97 Å². The quantitative estimate of drug-likeness (QED) is 0.721. The maximum atomic E-state index is 12.7. The van der Waals surface area contributed by atoms with Gasteiger partial charge in [0.05, 0.1) is 18.0 Å². The summed E-state index contributed by atoms with van der Waals surface area (Å²) in [5.41, 5.74) is 3.45. The Bertz CT molecular complexity index is 811. The Morgan fingerprint density at radius 1 is 1.07 bits per heavy atom. The van der Waals surface area contributed by atoms with Gasteiger partial charge in [0.1, 0.15) is 0 Å². The summed E-state index contributed by atoms with van der Waals surface area (Å²) in [5, 5.41) is 12.2. The molecule has 148 valence electrons. The van der Waals surface area contributed by atoms with Crippen LogP contribution in [-0.2, 0) is 11.2 Å².